The summed E-state index contributed by atoms with van der Waals surface area (Å²) in [6.45, 7) is 0. The van der Waals surface area contributed by atoms with E-state index in [1.54, 1.807) is 12.4 Å². The van der Waals surface area contributed by atoms with Crippen LogP contribution in [0.4, 0.5) is 10.1 Å². The summed E-state index contributed by atoms with van der Waals surface area (Å²) in [6.07, 6.45) is 3.46. The van der Waals surface area contributed by atoms with Crippen molar-refractivity contribution in [3.8, 4) is 0 Å². The molecule has 0 saturated heterocycles. The number of anilines is 1. The Kier molecular flexibility index (Phi) is 3.50. The van der Waals surface area contributed by atoms with Crippen molar-refractivity contribution in [1.29, 1.82) is 0 Å². The number of aromatic nitrogens is 3. The Morgan fingerprint density at radius 1 is 0.963 bits per heavy atom. The minimum absolute atomic E-state index is 0.147. The predicted molar refractivity (Wildman–Crippen MR) is 101 cm³/mol. The molecule has 132 valence electrons. The van der Waals surface area contributed by atoms with Gasteiger partial charge in [-0.05, 0) is 35.4 Å². The monoisotopic (exact) mass is 358 g/mol. The highest BCUT2D eigenvalue weighted by molar-refractivity contribution is 5.97. The lowest BCUT2D eigenvalue weighted by Gasteiger charge is -2.34. The lowest BCUT2D eigenvalue weighted by atomic mass is 9.80. The summed E-state index contributed by atoms with van der Waals surface area (Å²) in [7, 11) is 0. The SMILES string of the molecule is O=c1[nH]nc2c3c(cc(F)cc13)N[C@@H](c1ccncc1)[C@@H]2c1ccccc1. The highest BCUT2D eigenvalue weighted by Crippen LogP contribution is 2.46. The highest BCUT2D eigenvalue weighted by atomic mass is 19.1. The van der Waals surface area contributed by atoms with Crippen LogP contribution in [0.2, 0.25) is 0 Å². The number of benzene rings is 2. The van der Waals surface area contributed by atoms with Gasteiger partial charge in [-0.2, -0.15) is 5.10 Å². The fourth-order valence-electron chi connectivity index (χ4n) is 3.89. The second-order valence-corrected chi connectivity index (χ2v) is 6.60. The van der Waals surface area contributed by atoms with Crippen LogP contribution in [-0.2, 0) is 0 Å². The number of rotatable bonds is 2. The largest absolute Gasteiger partial charge is 0.377 e. The Bertz CT molecular complexity index is 1190. The van der Waals surface area contributed by atoms with Crippen molar-refractivity contribution in [1.82, 2.24) is 15.2 Å². The van der Waals surface area contributed by atoms with Gasteiger partial charge in [-0.3, -0.25) is 9.78 Å². The molecule has 6 heteroatoms. The molecule has 0 radical (unpaired) electrons. The molecule has 0 aliphatic carbocycles. The number of hydrogen-bond donors (Lipinski definition) is 2. The van der Waals surface area contributed by atoms with E-state index in [0.717, 1.165) is 16.8 Å². The van der Waals surface area contributed by atoms with Crippen molar-refractivity contribution in [2.24, 2.45) is 0 Å². The minimum atomic E-state index is -0.459. The van der Waals surface area contributed by atoms with E-state index in [4.69, 9.17) is 0 Å². The van der Waals surface area contributed by atoms with Gasteiger partial charge in [0.15, 0.2) is 0 Å². The molecule has 1 aliphatic rings. The third-order valence-corrected chi connectivity index (χ3v) is 5.04. The van der Waals surface area contributed by atoms with Crippen molar-refractivity contribution in [2.75, 3.05) is 5.32 Å². The summed E-state index contributed by atoms with van der Waals surface area (Å²) in [5.41, 5.74) is 2.97. The maximum atomic E-state index is 14.1. The van der Waals surface area contributed by atoms with E-state index in [2.05, 4.69) is 20.5 Å². The van der Waals surface area contributed by atoms with Crippen LogP contribution in [0.1, 0.15) is 28.8 Å². The zero-order valence-corrected chi connectivity index (χ0v) is 14.2. The van der Waals surface area contributed by atoms with Gasteiger partial charge in [0.25, 0.3) is 5.56 Å². The van der Waals surface area contributed by atoms with E-state index in [9.17, 15) is 9.18 Å². The average Bonchev–Trinajstić information content (AvgIpc) is 2.71. The van der Waals surface area contributed by atoms with Crippen LogP contribution >= 0.6 is 0 Å². The third kappa shape index (κ3) is 2.49. The molecule has 2 atom stereocenters. The van der Waals surface area contributed by atoms with Crippen molar-refractivity contribution >= 4 is 16.5 Å². The fraction of sp³-hybridized carbons (Fsp3) is 0.0952. The predicted octanol–water partition coefficient (Wildman–Crippen LogP) is 3.76. The molecule has 27 heavy (non-hydrogen) atoms. The normalized spacial score (nSPS) is 18.3. The van der Waals surface area contributed by atoms with E-state index in [1.807, 2.05) is 42.5 Å². The summed E-state index contributed by atoms with van der Waals surface area (Å²) in [4.78, 5) is 16.3. The zero-order valence-electron chi connectivity index (χ0n) is 14.2. The van der Waals surface area contributed by atoms with Gasteiger partial charge in [0, 0.05) is 23.5 Å². The van der Waals surface area contributed by atoms with E-state index >= 15 is 0 Å². The molecule has 5 nitrogen and oxygen atoms in total. The summed E-state index contributed by atoms with van der Waals surface area (Å²) in [5.74, 6) is -0.606. The van der Waals surface area contributed by atoms with Gasteiger partial charge in [-0.15, -0.1) is 0 Å². The number of aromatic amines is 1. The van der Waals surface area contributed by atoms with Crippen LogP contribution in [-0.4, -0.2) is 15.2 Å². The maximum Gasteiger partial charge on any atom is 0.272 e. The molecular formula is C21H15FN4O. The van der Waals surface area contributed by atoms with Crippen LogP contribution in [0, 0.1) is 5.82 Å². The van der Waals surface area contributed by atoms with Gasteiger partial charge in [0.1, 0.15) is 5.82 Å². The number of pyridine rings is 1. The Morgan fingerprint density at radius 3 is 2.52 bits per heavy atom. The zero-order chi connectivity index (χ0) is 18.4. The Labute approximate surface area is 153 Å². The van der Waals surface area contributed by atoms with Crippen molar-refractivity contribution < 1.29 is 4.39 Å². The Balaban J connectivity index is 1.83. The van der Waals surface area contributed by atoms with Crippen molar-refractivity contribution in [2.45, 2.75) is 12.0 Å². The minimum Gasteiger partial charge on any atom is -0.377 e. The molecule has 0 fully saturated rings. The number of H-pyrrole nitrogens is 1. The molecule has 1 aliphatic heterocycles. The Morgan fingerprint density at radius 2 is 1.74 bits per heavy atom. The Hall–Kier alpha value is -3.54. The number of halogens is 1. The summed E-state index contributed by atoms with van der Waals surface area (Å²) in [6, 6.07) is 16.3. The molecule has 4 aromatic rings. The third-order valence-electron chi connectivity index (χ3n) is 5.04. The van der Waals surface area contributed by atoms with Crippen molar-refractivity contribution in [3.63, 3.8) is 0 Å². The molecule has 0 amide bonds. The number of hydrogen-bond acceptors (Lipinski definition) is 4. The fourth-order valence-corrected chi connectivity index (χ4v) is 3.89. The lowest BCUT2D eigenvalue weighted by Crippen LogP contribution is -2.28. The first-order valence-electron chi connectivity index (χ1n) is 8.65. The van der Waals surface area contributed by atoms with Crippen LogP contribution < -0.4 is 10.9 Å². The summed E-state index contributed by atoms with van der Waals surface area (Å²) in [5, 5.41) is 11.3. The summed E-state index contributed by atoms with van der Waals surface area (Å²) >= 11 is 0. The molecule has 2 aromatic heterocycles. The van der Waals surface area contributed by atoms with Crippen LogP contribution in [0.5, 0.6) is 0 Å². The van der Waals surface area contributed by atoms with Crippen molar-refractivity contribution in [3.05, 3.63) is 100.0 Å². The van der Waals surface area contributed by atoms with E-state index in [0.29, 0.717) is 16.5 Å². The van der Waals surface area contributed by atoms with Gasteiger partial charge < -0.3 is 5.32 Å². The summed E-state index contributed by atoms with van der Waals surface area (Å²) < 4.78 is 14.1. The molecule has 2 N–H and O–H groups in total. The van der Waals surface area contributed by atoms with Crippen LogP contribution in [0.25, 0.3) is 10.8 Å². The molecule has 2 aromatic carbocycles. The smallest absolute Gasteiger partial charge is 0.272 e. The molecule has 0 spiro atoms. The second kappa shape index (κ2) is 6.02. The first kappa shape index (κ1) is 15.7. The lowest BCUT2D eigenvalue weighted by molar-refractivity contribution is 0.618. The van der Waals surface area contributed by atoms with Gasteiger partial charge in [0.2, 0.25) is 0 Å². The molecule has 3 heterocycles. The standard InChI is InChI=1S/C21H15FN4O/c22-14-10-15-18-16(11-14)24-19(13-6-8-23-9-7-13)17(12-4-2-1-3-5-12)20(18)25-26-21(15)27/h1-11,17,19,24H,(H,26,27)/t17-,19-/m0/s1. The maximum absolute atomic E-state index is 14.1. The first-order valence-corrected chi connectivity index (χ1v) is 8.65. The first-order chi connectivity index (χ1) is 13.2. The number of nitrogens with one attached hydrogen (secondary N) is 2. The van der Waals surface area contributed by atoms with Gasteiger partial charge in [0.05, 0.1) is 23.0 Å². The topological polar surface area (TPSA) is 70.7 Å². The van der Waals surface area contributed by atoms with Crippen LogP contribution in [0.3, 0.4) is 0 Å². The molecular weight excluding hydrogens is 343 g/mol. The van der Waals surface area contributed by atoms with E-state index in [1.165, 1.54) is 12.1 Å². The van der Waals surface area contributed by atoms with E-state index in [-0.39, 0.29) is 12.0 Å². The molecule has 0 bridgehead atoms. The van der Waals surface area contributed by atoms with Gasteiger partial charge in [-0.1, -0.05) is 30.3 Å². The second-order valence-electron chi connectivity index (χ2n) is 6.60. The van der Waals surface area contributed by atoms with Gasteiger partial charge >= 0.3 is 0 Å². The quantitative estimate of drug-likeness (QED) is 0.572. The molecule has 0 saturated carbocycles. The molecule has 5 rings (SSSR count). The average molecular weight is 358 g/mol. The molecule has 0 unspecified atom stereocenters. The van der Waals surface area contributed by atoms with Crippen LogP contribution in [0.15, 0.2) is 71.8 Å². The van der Waals surface area contributed by atoms with E-state index < -0.39 is 11.4 Å². The number of nitrogens with zero attached hydrogens (tertiary/aromatic N) is 2. The van der Waals surface area contributed by atoms with Gasteiger partial charge in [-0.25, -0.2) is 9.49 Å². The highest BCUT2D eigenvalue weighted by Gasteiger charge is 2.35.